The van der Waals surface area contributed by atoms with Crippen LogP contribution in [-0.4, -0.2) is 37.1 Å². The molecule has 166 valence electrons. The lowest BCUT2D eigenvalue weighted by Crippen LogP contribution is -2.52. The van der Waals surface area contributed by atoms with Crippen LogP contribution in [0.25, 0.3) is 0 Å². The minimum atomic E-state index is -0.719. The largest absolute Gasteiger partial charge is 0.494 e. The van der Waals surface area contributed by atoms with E-state index in [0.29, 0.717) is 30.9 Å². The van der Waals surface area contributed by atoms with Gasteiger partial charge >= 0.3 is 0 Å². The number of carbonyl (C=O) groups is 2. The molecule has 6 heteroatoms. The molecule has 3 rings (SSSR count). The van der Waals surface area contributed by atoms with Gasteiger partial charge in [0.05, 0.1) is 18.8 Å². The first kappa shape index (κ1) is 22.7. The van der Waals surface area contributed by atoms with Crippen molar-refractivity contribution in [1.29, 1.82) is 0 Å². The summed E-state index contributed by atoms with van der Waals surface area (Å²) < 4.78 is 11.7. The monoisotopic (exact) mass is 424 g/mol. The lowest BCUT2D eigenvalue weighted by Gasteiger charge is -2.34. The van der Waals surface area contributed by atoms with E-state index in [1.54, 1.807) is 11.0 Å². The zero-order valence-electron chi connectivity index (χ0n) is 18.6. The van der Waals surface area contributed by atoms with Crippen molar-refractivity contribution in [3.63, 3.8) is 0 Å². The first-order valence-corrected chi connectivity index (χ1v) is 11.1. The number of benzene rings is 2. The van der Waals surface area contributed by atoms with Crippen LogP contribution in [0.2, 0.25) is 0 Å². The van der Waals surface area contributed by atoms with E-state index in [2.05, 4.69) is 5.32 Å². The third-order valence-corrected chi connectivity index (χ3v) is 5.49. The maximum Gasteiger partial charge on any atom is 0.263 e. The Morgan fingerprint density at radius 2 is 1.94 bits per heavy atom. The standard InChI is InChI=1S/C25H32N2O4/c1-4-19(5-2)26-25(29)23-17-27(21-12-6-7-13-22(21)31-23)24(28)14-9-15-30-20-11-8-10-18(3)16-20/h6-8,10-13,16,19,23H,4-5,9,14-15,17H2,1-3H3,(H,26,29). The van der Waals surface area contributed by atoms with E-state index in [1.165, 1.54) is 0 Å². The summed E-state index contributed by atoms with van der Waals surface area (Å²) in [7, 11) is 0. The Morgan fingerprint density at radius 1 is 1.16 bits per heavy atom. The fourth-order valence-electron chi connectivity index (χ4n) is 3.65. The molecule has 2 amide bonds. The van der Waals surface area contributed by atoms with Crippen molar-refractivity contribution in [3.05, 3.63) is 54.1 Å². The molecule has 0 saturated carbocycles. The fraction of sp³-hybridized carbons (Fsp3) is 0.440. The van der Waals surface area contributed by atoms with Crippen molar-refractivity contribution in [2.45, 2.75) is 58.6 Å². The number of amides is 2. The number of fused-ring (bicyclic) bond motifs is 1. The molecule has 0 fully saturated rings. The van der Waals surface area contributed by atoms with Crippen molar-refractivity contribution >= 4 is 17.5 Å². The molecule has 0 spiro atoms. The average molecular weight is 425 g/mol. The van der Waals surface area contributed by atoms with Gasteiger partial charge in [-0.25, -0.2) is 0 Å². The van der Waals surface area contributed by atoms with Crippen LogP contribution in [0, 0.1) is 6.92 Å². The van der Waals surface area contributed by atoms with Gasteiger partial charge in [0, 0.05) is 12.5 Å². The predicted octanol–water partition coefficient (Wildman–Crippen LogP) is 4.25. The highest BCUT2D eigenvalue weighted by Crippen LogP contribution is 2.33. The molecule has 0 saturated heterocycles. The number of anilines is 1. The molecule has 0 bridgehead atoms. The molecule has 2 aromatic rings. The number of hydrogen-bond donors (Lipinski definition) is 1. The van der Waals surface area contributed by atoms with Crippen LogP contribution in [0.4, 0.5) is 5.69 Å². The molecule has 1 atom stereocenters. The van der Waals surface area contributed by atoms with E-state index < -0.39 is 6.10 Å². The number of nitrogens with zero attached hydrogens (tertiary/aromatic N) is 1. The van der Waals surface area contributed by atoms with E-state index >= 15 is 0 Å². The Morgan fingerprint density at radius 3 is 2.68 bits per heavy atom. The van der Waals surface area contributed by atoms with Crippen LogP contribution < -0.4 is 19.7 Å². The molecule has 1 heterocycles. The van der Waals surface area contributed by atoms with E-state index in [1.807, 2.05) is 63.2 Å². The van der Waals surface area contributed by atoms with E-state index in [-0.39, 0.29) is 24.4 Å². The average Bonchev–Trinajstić information content (AvgIpc) is 2.79. The lowest BCUT2D eigenvalue weighted by atomic mass is 10.1. The highest BCUT2D eigenvalue weighted by atomic mass is 16.5. The number of ether oxygens (including phenoxy) is 2. The summed E-state index contributed by atoms with van der Waals surface area (Å²) in [6.45, 7) is 6.77. The van der Waals surface area contributed by atoms with Crippen LogP contribution in [0.5, 0.6) is 11.5 Å². The molecule has 1 aliphatic heterocycles. The highest BCUT2D eigenvalue weighted by Gasteiger charge is 2.34. The number of aryl methyl sites for hydroxylation is 1. The van der Waals surface area contributed by atoms with Gasteiger partial charge in [-0.2, -0.15) is 0 Å². The normalized spacial score (nSPS) is 15.2. The number of nitrogens with one attached hydrogen (secondary N) is 1. The topological polar surface area (TPSA) is 67.9 Å². The van der Waals surface area contributed by atoms with Crippen molar-refractivity contribution in [2.24, 2.45) is 0 Å². The van der Waals surface area contributed by atoms with Crippen LogP contribution in [0.1, 0.15) is 45.1 Å². The first-order valence-electron chi connectivity index (χ1n) is 11.1. The van der Waals surface area contributed by atoms with Gasteiger partial charge in [0.1, 0.15) is 11.5 Å². The quantitative estimate of drug-likeness (QED) is 0.611. The van der Waals surface area contributed by atoms with E-state index in [4.69, 9.17) is 9.47 Å². The van der Waals surface area contributed by atoms with Crippen molar-refractivity contribution in [3.8, 4) is 11.5 Å². The van der Waals surface area contributed by atoms with Gasteiger partial charge in [0.25, 0.3) is 5.91 Å². The van der Waals surface area contributed by atoms with Gasteiger partial charge in [-0.3, -0.25) is 9.59 Å². The number of rotatable bonds is 9. The van der Waals surface area contributed by atoms with Gasteiger partial charge in [-0.05, 0) is 56.0 Å². The summed E-state index contributed by atoms with van der Waals surface area (Å²) in [5.41, 5.74) is 1.84. The minimum absolute atomic E-state index is 0.0380. The van der Waals surface area contributed by atoms with Gasteiger partial charge < -0.3 is 19.7 Å². The van der Waals surface area contributed by atoms with E-state index in [0.717, 1.165) is 24.2 Å². The summed E-state index contributed by atoms with van der Waals surface area (Å²) in [5.74, 6) is 1.15. The summed E-state index contributed by atoms with van der Waals surface area (Å²) in [6, 6.07) is 15.3. The Hall–Kier alpha value is -3.02. The Balaban J connectivity index is 1.61. The summed E-state index contributed by atoms with van der Waals surface area (Å²) in [4.78, 5) is 27.4. The molecular formula is C25H32N2O4. The smallest absolute Gasteiger partial charge is 0.263 e. The van der Waals surface area contributed by atoms with Crippen molar-refractivity contribution in [1.82, 2.24) is 5.32 Å². The molecule has 1 N–H and O–H groups in total. The highest BCUT2D eigenvalue weighted by molar-refractivity contribution is 5.97. The van der Waals surface area contributed by atoms with Gasteiger partial charge in [-0.15, -0.1) is 0 Å². The zero-order valence-corrected chi connectivity index (χ0v) is 18.6. The van der Waals surface area contributed by atoms with Crippen LogP contribution in [0.3, 0.4) is 0 Å². The summed E-state index contributed by atoms with van der Waals surface area (Å²) >= 11 is 0. The molecule has 31 heavy (non-hydrogen) atoms. The number of carbonyl (C=O) groups excluding carboxylic acids is 2. The van der Waals surface area contributed by atoms with Crippen molar-refractivity contribution < 1.29 is 19.1 Å². The minimum Gasteiger partial charge on any atom is -0.494 e. The molecule has 1 aliphatic rings. The summed E-state index contributed by atoms with van der Waals surface area (Å²) in [5, 5.41) is 3.03. The Bertz CT molecular complexity index is 895. The summed E-state index contributed by atoms with van der Waals surface area (Å²) in [6.07, 6.45) is 1.92. The number of para-hydroxylation sites is 2. The second-order valence-electron chi connectivity index (χ2n) is 7.87. The first-order chi connectivity index (χ1) is 15.0. The number of hydrogen-bond acceptors (Lipinski definition) is 4. The SMILES string of the molecule is CCC(CC)NC(=O)C1CN(C(=O)CCCOc2cccc(C)c2)c2ccccc2O1. The van der Waals surface area contributed by atoms with Crippen LogP contribution in [-0.2, 0) is 9.59 Å². The predicted molar refractivity (Wildman–Crippen MR) is 122 cm³/mol. The van der Waals surface area contributed by atoms with E-state index in [9.17, 15) is 9.59 Å². The molecule has 2 aromatic carbocycles. The van der Waals surface area contributed by atoms with Crippen LogP contribution >= 0.6 is 0 Å². The second kappa shape index (κ2) is 10.8. The Kier molecular flexibility index (Phi) is 7.93. The molecule has 0 aliphatic carbocycles. The maximum atomic E-state index is 13.0. The van der Waals surface area contributed by atoms with Crippen LogP contribution in [0.15, 0.2) is 48.5 Å². The maximum absolute atomic E-state index is 13.0. The lowest BCUT2D eigenvalue weighted by molar-refractivity contribution is -0.129. The van der Waals surface area contributed by atoms with Crippen molar-refractivity contribution in [2.75, 3.05) is 18.1 Å². The molecular weight excluding hydrogens is 392 g/mol. The molecule has 1 unspecified atom stereocenters. The van der Waals surface area contributed by atoms with Gasteiger partial charge in [0.15, 0.2) is 6.10 Å². The zero-order chi connectivity index (χ0) is 22.2. The second-order valence-corrected chi connectivity index (χ2v) is 7.87. The third kappa shape index (κ3) is 6.00. The van der Waals surface area contributed by atoms with Gasteiger partial charge in [0.2, 0.25) is 5.91 Å². The molecule has 6 nitrogen and oxygen atoms in total. The molecule has 0 aromatic heterocycles. The Labute approximate surface area is 184 Å². The third-order valence-electron chi connectivity index (χ3n) is 5.49. The van der Waals surface area contributed by atoms with Gasteiger partial charge in [-0.1, -0.05) is 38.1 Å². The fourth-order valence-corrected chi connectivity index (χ4v) is 3.65. The molecule has 0 radical (unpaired) electrons.